The molecule has 0 radical (unpaired) electrons. The summed E-state index contributed by atoms with van der Waals surface area (Å²) in [4.78, 5) is 30.0. The van der Waals surface area contributed by atoms with Crippen molar-refractivity contribution in [3.05, 3.63) is 65.9 Å². The number of benzene rings is 2. The standard InChI is InChI=1S/C24H26N2O3/c1-17(2)16-29-20-12-10-18(11-13-20)21-22(25-14-6-7-15-25)24(28)26(23(21)27)19-8-4-3-5-9-19/h3-5,8-13,17H,6-7,14-16H2,1-2H3. The molecule has 2 aromatic rings. The molecule has 4 rings (SSSR count). The minimum atomic E-state index is -0.265. The topological polar surface area (TPSA) is 49.9 Å². The van der Waals surface area contributed by atoms with Crippen molar-refractivity contribution in [2.24, 2.45) is 5.92 Å². The molecule has 2 heterocycles. The van der Waals surface area contributed by atoms with E-state index in [2.05, 4.69) is 18.7 Å². The first-order valence-electron chi connectivity index (χ1n) is 10.2. The Labute approximate surface area is 171 Å². The van der Waals surface area contributed by atoms with E-state index in [9.17, 15) is 9.59 Å². The molecule has 2 aromatic carbocycles. The van der Waals surface area contributed by atoms with Crippen LogP contribution in [-0.4, -0.2) is 36.4 Å². The van der Waals surface area contributed by atoms with Crippen LogP contribution in [0.4, 0.5) is 5.69 Å². The number of nitrogens with zero attached hydrogens (tertiary/aromatic N) is 2. The largest absolute Gasteiger partial charge is 0.493 e. The van der Waals surface area contributed by atoms with Crippen LogP contribution in [0.5, 0.6) is 5.75 Å². The molecular weight excluding hydrogens is 364 g/mol. The highest BCUT2D eigenvalue weighted by atomic mass is 16.5. The smallest absolute Gasteiger partial charge is 0.282 e. The Bertz CT molecular complexity index is 926. The molecule has 0 N–H and O–H groups in total. The van der Waals surface area contributed by atoms with E-state index in [0.29, 0.717) is 29.5 Å². The number of hydrogen-bond donors (Lipinski definition) is 0. The predicted octanol–water partition coefficient (Wildman–Crippen LogP) is 4.10. The lowest BCUT2D eigenvalue weighted by atomic mass is 10.0. The first-order chi connectivity index (χ1) is 14.1. The van der Waals surface area contributed by atoms with Crippen LogP contribution in [0.3, 0.4) is 0 Å². The second kappa shape index (κ2) is 8.11. The molecule has 2 aliphatic heterocycles. The molecule has 5 nitrogen and oxygen atoms in total. The molecule has 1 fully saturated rings. The van der Waals surface area contributed by atoms with Crippen LogP contribution in [-0.2, 0) is 9.59 Å². The highest BCUT2D eigenvalue weighted by Crippen LogP contribution is 2.36. The highest BCUT2D eigenvalue weighted by Gasteiger charge is 2.42. The Morgan fingerprint density at radius 1 is 0.897 bits per heavy atom. The minimum Gasteiger partial charge on any atom is -0.493 e. The molecule has 2 amide bonds. The average molecular weight is 390 g/mol. The molecule has 150 valence electrons. The van der Waals surface area contributed by atoms with E-state index in [-0.39, 0.29) is 11.8 Å². The number of hydrogen-bond acceptors (Lipinski definition) is 4. The maximum absolute atomic E-state index is 13.4. The molecule has 2 aliphatic rings. The summed E-state index contributed by atoms with van der Waals surface area (Å²) in [6.07, 6.45) is 2.07. The normalized spacial score (nSPS) is 17.1. The zero-order chi connectivity index (χ0) is 20.4. The van der Waals surface area contributed by atoms with Crippen LogP contribution >= 0.6 is 0 Å². The molecule has 5 heteroatoms. The Morgan fingerprint density at radius 3 is 2.17 bits per heavy atom. The van der Waals surface area contributed by atoms with Crippen LogP contribution in [0, 0.1) is 5.92 Å². The lowest BCUT2D eigenvalue weighted by Crippen LogP contribution is -2.34. The summed E-state index contributed by atoms with van der Waals surface area (Å²) in [6.45, 7) is 6.44. The van der Waals surface area contributed by atoms with Crippen molar-refractivity contribution in [3.8, 4) is 5.75 Å². The van der Waals surface area contributed by atoms with E-state index < -0.39 is 0 Å². The Morgan fingerprint density at radius 2 is 1.55 bits per heavy atom. The second-order valence-electron chi connectivity index (χ2n) is 7.93. The quantitative estimate of drug-likeness (QED) is 0.697. The van der Waals surface area contributed by atoms with Crippen molar-refractivity contribution in [1.29, 1.82) is 0 Å². The van der Waals surface area contributed by atoms with Crippen molar-refractivity contribution in [3.63, 3.8) is 0 Å². The third-order valence-corrected chi connectivity index (χ3v) is 5.22. The zero-order valence-electron chi connectivity index (χ0n) is 16.9. The van der Waals surface area contributed by atoms with Crippen LogP contribution < -0.4 is 9.64 Å². The van der Waals surface area contributed by atoms with Crippen molar-refractivity contribution in [2.45, 2.75) is 26.7 Å². The van der Waals surface area contributed by atoms with Gasteiger partial charge in [-0.05, 0) is 48.6 Å². The fraction of sp³-hybridized carbons (Fsp3) is 0.333. The van der Waals surface area contributed by atoms with Gasteiger partial charge in [0.25, 0.3) is 11.8 Å². The van der Waals surface area contributed by atoms with Gasteiger partial charge >= 0.3 is 0 Å². The third-order valence-electron chi connectivity index (χ3n) is 5.22. The fourth-order valence-electron chi connectivity index (χ4n) is 3.80. The highest BCUT2D eigenvalue weighted by molar-refractivity contribution is 6.45. The van der Waals surface area contributed by atoms with Crippen molar-refractivity contribution in [1.82, 2.24) is 4.90 Å². The van der Waals surface area contributed by atoms with Gasteiger partial charge in [0.05, 0.1) is 17.9 Å². The van der Waals surface area contributed by atoms with Gasteiger partial charge in [0.2, 0.25) is 0 Å². The summed E-state index contributed by atoms with van der Waals surface area (Å²) in [5.41, 5.74) is 2.36. The average Bonchev–Trinajstić information content (AvgIpc) is 3.33. The summed E-state index contributed by atoms with van der Waals surface area (Å²) < 4.78 is 5.76. The molecule has 0 spiro atoms. The first-order valence-corrected chi connectivity index (χ1v) is 10.2. The molecule has 0 saturated carbocycles. The van der Waals surface area contributed by atoms with E-state index in [0.717, 1.165) is 37.2 Å². The van der Waals surface area contributed by atoms with Gasteiger partial charge in [0.1, 0.15) is 11.4 Å². The number of carbonyl (C=O) groups excluding carboxylic acids is 2. The van der Waals surface area contributed by atoms with Gasteiger partial charge in [-0.3, -0.25) is 9.59 Å². The van der Waals surface area contributed by atoms with E-state index in [1.807, 2.05) is 42.5 Å². The maximum atomic E-state index is 13.4. The molecule has 29 heavy (non-hydrogen) atoms. The summed E-state index contributed by atoms with van der Waals surface area (Å²) in [7, 11) is 0. The van der Waals surface area contributed by atoms with Crippen molar-refractivity contribution >= 4 is 23.1 Å². The lowest BCUT2D eigenvalue weighted by molar-refractivity contribution is -0.120. The van der Waals surface area contributed by atoms with Crippen molar-refractivity contribution < 1.29 is 14.3 Å². The lowest BCUT2D eigenvalue weighted by Gasteiger charge is -2.20. The molecule has 0 bridgehead atoms. The monoisotopic (exact) mass is 390 g/mol. The SMILES string of the molecule is CC(C)COc1ccc(C2=C(N3CCCC3)C(=O)N(c3ccccc3)C2=O)cc1. The summed E-state index contributed by atoms with van der Waals surface area (Å²) in [5.74, 6) is 0.701. The molecule has 1 saturated heterocycles. The van der Waals surface area contributed by atoms with Crippen LogP contribution in [0.25, 0.3) is 5.57 Å². The van der Waals surface area contributed by atoms with Crippen LogP contribution in [0.1, 0.15) is 32.3 Å². The number of likely N-dealkylation sites (tertiary alicyclic amines) is 1. The number of para-hydroxylation sites is 1. The number of ether oxygens (including phenoxy) is 1. The summed E-state index contributed by atoms with van der Waals surface area (Å²) in [5, 5.41) is 0. The van der Waals surface area contributed by atoms with Gasteiger partial charge in [-0.25, -0.2) is 4.90 Å². The summed E-state index contributed by atoms with van der Waals surface area (Å²) in [6, 6.07) is 16.6. The number of imide groups is 1. The van der Waals surface area contributed by atoms with Gasteiger partial charge in [0.15, 0.2) is 0 Å². The van der Waals surface area contributed by atoms with Gasteiger partial charge < -0.3 is 9.64 Å². The van der Waals surface area contributed by atoms with Gasteiger partial charge in [-0.15, -0.1) is 0 Å². The predicted molar refractivity (Wildman–Crippen MR) is 113 cm³/mol. The maximum Gasteiger partial charge on any atom is 0.282 e. The van der Waals surface area contributed by atoms with E-state index in [1.54, 1.807) is 12.1 Å². The Hall–Kier alpha value is -3.08. The molecular formula is C24H26N2O3. The third kappa shape index (κ3) is 3.77. The van der Waals surface area contributed by atoms with Gasteiger partial charge in [0, 0.05) is 13.1 Å². The number of anilines is 1. The van der Waals surface area contributed by atoms with E-state index >= 15 is 0 Å². The number of amides is 2. The van der Waals surface area contributed by atoms with E-state index in [1.165, 1.54) is 4.90 Å². The molecule has 0 aliphatic carbocycles. The fourth-order valence-corrected chi connectivity index (χ4v) is 3.80. The van der Waals surface area contributed by atoms with Crippen LogP contribution in [0.2, 0.25) is 0 Å². The second-order valence-corrected chi connectivity index (χ2v) is 7.93. The first kappa shape index (κ1) is 19.2. The van der Waals surface area contributed by atoms with Crippen molar-refractivity contribution in [2.75, 3.05) is 24.6 Å². The number of carbonyl (C=O) groups is 2. The summed E-state index contributed by atoms with van der Waals surface area (Å²) >= 11 is 0. The van der Waals surface area contributed by atoms with Gasteiger partial charge in [-0.2, -0.15) is 0 Å². The Kier molecular flexibility index (Phi) is 5.38. The Balaban J connectivity index is 1.71. The van der Waals surface area contributed by atoms with Gasteiger partial charge in [-0.1, -0.05) is 44.2 Å². The number of rotatable bonds is 6. The minimum absolute atomic E-state index is 0.238. The molecule has 0 atom stereocenters. The van der Waals surface area contributed by atoms with Crippen LogP contribution in [0.15, 0.2) is 60.3 Å². The molecule has 0 unspecified atom stereocenters. The molecule has 0 aromatic heterocycles. The van der Waals surface area contributed by atoms with E-state index in [4.69, 9.17) is 4.74 Å². The zero-order valence-corrected chi connectivity index (χ0v) is 16.9.